The molecule has 4 rings (SSSR count). The van der Waals surface area contributed by atoms with E-state index in [2.05, 4.69) is 31.8 Å². The first-order valence-corrected chi connectivity index (χ1v) is 10.5. The fourth-order valence-electron chi connectivity index (χ4n) is 3.04. The molecule has 9 heteroatoms. The van der Waals surface area contributed by atoms with Gasteiger partial charge in [-0.1, -0.05) is 5.92 Å². The van der Waals surface area contributed by atoms with E-state index in [0.717, 1.165) is 15.6 Å². The standard InChI is InChI=1S/C24H16N4O4S/c1-13-22(33-14(2)27-13)4-3-15-5-7-25-18(9-15)20-11-17(24(31)32)12-21(28-20)19-10-16(23(29)30)6-8-26-19/h5-12H,1-2H3,(H,29,30)(H,31,32). The van der Waals surface area contributed by atoms with E-state index in [1.807, 2.05) is 13.8 Å². The molecule has 4 heterocycles. The van der Waals surface area contributed by atoms with Crippen LogP contribution in [-0.4, -0.2) is 42.1 Å². The third-order valence-corrected chi connectivity index (χ3v) is 5.58. The van der Waals surface area contributed by atoms with Crippen LogP contribution in [0.1, 0.15) is 41.9 Å². The average molecular weight is 456 g/mol. The number of carboxylic acid groups (broad SMARTS) is 2. The topological polar surface area (TPSA) is 126 Å². The molecule has 0 aliphatic rings. The highest BCUT2D eigenvalue weighted by atomic mass is 32.1. The molecule has 0 atom stereocenters. The molecular weight excluding hydrogens is 440 g/mol. The summed E-state index contributed by atoms with van der Waals surface area (Å²) >= 11 is 1.52. The maximum absolute atomic E-state index is 11.7. The predicted octanol–water partition coefficient (Wildman–Crippen LogP) is 4.08. The number of aromatic carboxylic acids is 2. The number of aromatic nitrogens is 4. The number of thiazole rings is 1. The number of carbonyl (C=O) groups is 2. The number of nitrogens with zero attached hydrogens (tertiary/aromatic N) is 4. The molecule has 33 heavy (non-hydrogen) atoms. The van der Waals surface area contributed by atoms with Crippen LogP contribution >= 0.6 is 11.3 Å². The highest BCUT2D eigenvalue weighted by Gasteiger charge is 2.14. The molecule has 0 bridgehead atoms. The Balaban J connectivity index is 1.77. The van der Waals surface area contributed by atoms with E-state index in [4.69, 9.17) is 0 Å². The number of pyridine rings is 3. The Bertz CT molecular complexity index is 1470. The molecule has 0 spiro atoms. The van der Waals surface area contributed by atoms with E-state index >= 15 is 0 Å². The van der Waals surface area contributed by atoms with E-state index < -0.39 is 11.9 Å². The van der Waals surface area contributed by atoms with Gasteiger partial charge in [0.1, 0.15) is 4.88 Å². The highest BCUT2D eigenvalue weighted by Crippen LogP contribution is 2.24. The van der Waals surface area contributed by atoms with E-state index in [9.17, 15) is 19.8 Å². The molecule has 4 aromatic rings. The summed E-state index contributed by atoms with van der Waals surface area (Å²) in [6.07, 6.45) is 2.91. The summed E-state index contributed by atoms with van der Waals surface area (Å²) in [5.41, 5.74) is 2.75. The van der Waals surface area contributed by atoms with Gasteiger partial charge in [0.2, 0.25) is 0 Å². The molecule has 4 aromatic heterocycles. The van der Waals surface area contributed by atoms with Crippen LogP contribution < -0.4 is 0 Å². The van der Waals surface area contributed by atoms with Crippen molar-refractivity contribution in [2.75, 3.05) is 0 Å². The highest BCUT2D eigenvalue weighted by molar-refractivity contribution is 7.12. The maximum atomic E-state index is 11.7. The van der Waals surface area contributed by atoms with Crippen molar-refractivity contribution >= 4 is 23.3 Å². The second kappa shape index (κ2) is 8.98. The fraction of sp³-hybridized carbons (Fsp3) is 0.0833. The Morgan fingerprint density at radius 2 is 1.39 bits per heavy atom. The summed E-state index contributed by atoms with van der Waals surface area (Å²) in [5.74, 6) is 3.93. The van der Waals surface area contributed by atoms with Crippen LogP contribution in [-0.2, 0) is 0 Å². The van der Waals surface area contributed by atoms with Gasteiger partial charge < -0.3 is 10.2 Å². The SMILES string of the molecule is Cc1nc(C)c(C#Cc2ccnc(-c3cc(C(=O)O)cc(-c4cc(C(=O)O)ccn4)n3)c2)s1. The lowest BCUT2D eigenvalue weighted by Gasteiger charge is -2.07. The van der Waals surface area contributed by atoms with Crippen LogP contribution in [0.3, 0.4) is 0 Å². The fourth-order valence-corrected chi connectivity index (χ4v) is 3.82. The van der Waals surface area contributed by atoms with Gasteiger partial charge in [0.05, 0.1) is 44.6 Å². The Labute approximate surface area is 192 Å². The van der Waals surface area contributed by atoms with Crippen molar-refractivity contribution in [3.05, 3.63) is 81.1 Å². The summed E-state index contributed by atoms with van der Waals surface area (Å²) in [6, 6.07) is 8.91. The molecule has 0 aromatic carbocycles. The predicted molar refractivity (Wildman–Crippen MR) is 122 cm³/mol. The zero-order valence-electron chi connectivity index (χ0n) is 17.5. The number of hydrogen-bond donors (Lipinski definition) is 2. The normalized spacial score (nSPS) is 10.4. The van der Waals surface area contributed by atoms with E-state index in [-0.39, 0.29) is 22.5 Å². The molecule has 0 amide bonds. The molecule has 0 aliphatic carbocycles. The third-order valence-electron chi connectivity index (χ3n) is 4.59. The van der Waals surface area contributed by atoms with E-state index in [0.29, 0.717) is 17.0 Å². The van der Waals surface area contributed by atoms with Crippen LogP contribution in [0.2, 0.25) is 0 Å². The van der Waals surface area contributed by atoms with E-state index in [1.165, 1.54) is 41.8 Å². The summed E-state index contributed by atoms with van der Waals surface area (Å²) in [4.78, 5) is 41.2. The third kappa shape index (κ3) is 4.92. The van der Waals surface area contributed by atoms with Crippen molar-refractivity contribution in [1.29, 1.82) is 0 Å². The van der Waals surface area contributed by atoms with Crippen LogP contribution in [0.15, 0.2) is 48.8 Å². The lowest BCUT2D eigenvalue weighted by Crippen LogP contribution is -2.02. The molecule has 0 saturated carbocycles. The molecule has 0 saturated heterocycles. The molecule has 8 nitrogen and oxygen atoms in total. The van der Waals surface area contributed by atoms with Crippen molar-refractivity contribution in [1.82, 2.24) is 19.9 Å². The van der Waals surface area contributed by atoms with Gasteiger partial charge in [0.25, 0.3) is 0 Å². The number of carboxylic acids is 2. The average Bonchev–Trinajstić information content (AvgIpc) is 3.14. The van der Waals surface area contributed by atoms with Gasteiger partial charge in [0, 0.05) is 18.0 Å². The lowest BCUT2D eigenvalue weighted by molar-refractivity contribution is 0.0686. The number of hydrogen-bond acceptors (Lipinski definition) is 7. The molecule has 2 N–H and O–H groups in total. The molecule has 0 unspecified atom stereocenters. The minimum atomic E-state index is -1.15. The van der Waals surface area contributed by atoms with Crippen molar-refractivity contribution in [2.45, 2.75) is 13.8 Å². The smallest absolute Gasteiger partial charge is 0.335 e. The first-order chi connectivity index (χ1) is 15.8. The number of aryl methyl sites for hydroxylation is 2. The van der Waals surface area contributed by atoms with E-state index in [1.54, 1.807) is 18.3 Å². The summed E-state index contributed by atoms with van der Waals surface area (Å²) in [7, 11) is 0. The van der Waals surface area contributed by atoms with Crippen LogP contribution in [0.5, 0.6) is 0 Å². The minimum absolute atomic E-state index is 0.0214. The van der Waals surface area contributed by atoms with Gasteiger partial charge in [-0.2, -0.15) is 0 Å². The Kier molecular flexibility index (Phi) is 5.93. The minimum Gasteiger partial charge on any atom is -0.478 e. The van der Waals surface area contributed by atoms with Gasteiger partial charge in [0.15, 0.2) is 0 Å². The first kappa shape index (κ1) is 21.8. The van der Waals surface area contributed by atoms with Crippen molar-refractivity contribution in [2.24, 2.45) is 0 Å². The van der Waals surface area contributed by atoms with Gasteiger partial charge in [-0.05, 0) is 56.2 Å². The first-order valence-electron chi connectivity index (χ1n) is 9.68. The summed E-state index contributed by atoms with van der Waals surface area (Å²) in [5, 5.41) is 19.8. The van der Waals surface area contributed by atoms with Crippen LogP contribution in [0.4, 0.5) is 0 Å². The molecule has 0 fully saturated rings. The summed E-state index contributed by atoms with van der Waals surface area (Å²) in [6.45, 7) is 3.83. The van der Waals surface area contributed by atoms with Gasteiger partial charge in [-0.15, -0.1) is 11.3 Å². The lowest BCUT2D eigenvalue weighted by atomic mass is 10.1. The second-order valence-corrected chi connectivity index (χ2v) is 8.20. The Hall–Kier alpha value is -4.42. The van der Waals surface area contributed by atoms with Gasteiger partial charge >= 0.3 is 11.9 Å². The van der Waals surface area contributed by atoms with Gasteiger partial charge in [-0.3, -0.25) is 9.97 Å². The van der Waals surface area contributed by atoms with Gasteiger partial charge in [-0.25, -0.2) is 19.6 Å². The summed E-state index contributed by atoms with van der Waals surface area (Å²) < 4.78 is 0. The Morgan fingerprint density at radius 3 is 2.00 bits per heavy atom. The largest absolute Gasteiger partial charge is 0.478 e. The second-order valence-electron chi connectivity index (χ2n) is 6.99. The van der Waals surface area contributed by atoms with Crippen molar-refractivity contribution in [3.63, 3.8) is 0 Å². The molecular formula is C24H16N4O4S. The van der Waals surface area contributed by atoms with Crippen molar-refractivity contribution < 1.29 is 19.8 Å². The number of rotatable bonds is 4. The zero-order valence-corrected chi connectivity index (χ0v) is 18.3. The van der Waals surface area contributed by atoms with Crippen molar-refractivity contribution in [3.8, 4) is 34.6 Å². The molecule has 162 valence electrons. The maximum Gasteiger partial charge on any atom is 0.335 e. The van der Waals surface area contributed by atoms with Crippen LogP contribution in [0.25, 0.3) is 22.8 Å². The molecule has 0 radical (unpaired) electrons. The molecule has 0 aliphatic heterocycles. The van der Waals surface area contributed by atoms with Crippen LogP contribution in [0, 0.1) is 25.7 Å². The quantitative estimate of drug-likeness (QED) is 0.440. The monoisotopic (exact) mass is 456 g/mol. The Morgan fingerprint density at radius 1 is 0.788 bits per heavy atom. The zero-order chi connectivity index (χ0) is 23.5.